The second-order valence-corrected chi connectivity index (χ2v) is 5.24. The molecule has 1 aromatic heterocycles. The van der Waals surface area contributed by atoms with E-state index in [1.165, 1.54) is 12.1 Å². The second kappa shape index (κ2) is 6.17. The van der Waals surface area contributed by atoms with Gasteiger partial charge in [0.05, 0.1) is 0 Å². The SMILES string of the molecule is NS(=O)(=O)Oc1ccc(-c2nc3ccccc3o2)cc1.[NaH]. The number of benzene rings is 2. The van der Waals surface area contributed by atoms with Crippen molar-refractivity contribution in [3.63, 3.8) is 0 Å². The molecular weight excluding hydrogens is 303 g/mol. The summed E-state index contributed by atoms with van der Waals surface area (Å²) in [5.74, 6) is 0.584. The molecule has 0 aliphatic carbocycles. The Bertz CT molecular complexity index is 826. The minimum atomic E-state index is -4.01. The molecule has 6 nitrogen and oxygen atoms in total. The van der Waals surface area contributed by atoms with Gasteiger partial charge in [0.25, 0.3) is 0 Å². The van der Waals surface area contributed by atoms with Crippen LogP contribution in [-0.2, 0) is 10.3 Å². The van der Waals surface area contributed by atoms with Gasteiger partial charge in [0, 0.05) is 5.56 Å². The van der Waals surface area contributed by atoms with Gasteiger partial charge in [0.15, 0.2) is 5.58 Å². The summed E-state index contributed by atoms with van der Waals surface area (Å²) in [5, 5.41) is 4.79. The van der Waals surface area contributed by atoms with E-state index in [0.717, 1.165) is 5.52 Å². The van der Waals surface area contributed by atoms with Gasteiger partial charge in [-0.05, 0) is 36.4 Å². The summed E-state index contributed by atoms with van der Waals surface area (Å²) in [6.45, 7) is 0. The van der Waals surface area contributed by atoms with E-state index in [1.807, 2.05) is 24.3 Å². The first-order chi connectivity index (χ1) is 9.51. The molecule has 0 saturated carbocycles. The van der Waals surface area contributed by atoms with Crippen molar-refractivity contribution in [3.8, 4) is 17.2 Å². The van der Waals surface area contributed by atoms with E-state index in [4.69, 9.17) is 9.56 Å². The van der Waals surface area contributed by atoms with Crippen LogP contribution in [-0.4, -0.2) is 43.0 Å². The number of para-hydroxylation sites is 2. The molecule has 0 bridgehead atoms. The van der Waals surface area contributed by atoms with Gasteiger partial charge in [0.1, 0.15) is 11.3 Å². The van der Waals surface area contributed by atoms with Crippen LogP contribution in [0.4, 0.5) is 0 Å². The number of fused-ring (bicyclic) bond motifs is 1. The second-order valence-electron chi connectivity index (χ2n) is 4.09. The summed E-state index contributed by atoms with van der Waals surface area (Å²) < 4.78 is 31.7. The van der Waals surface area contributed by atoms with E-state index in [0.29, 0.717) is 17.0 Å². The fraction of sp³-hybridized carbons (Fsp3) is 0. The molecule has 0 amide bonds. The van der Waals surface area contributed by atoms with Crippen molar-refractivity contribution in [3.05, 3.63) is 48.5 Å². The molecule has 0 unspecified atom stereocenters. The van der Waals surface area contributed by atoms with Gasteiger partial charge in [-0.1, -0.05) is 12.1 Å². The Balaban J connectivity index is 0.00000161. The molecule has 0 spiro atoms. The summed E-state index contributed by atoms with van der Waals surface area (Å²) in [6.07, 6.45) is 0. The predicted molar refractivity (Wildman–Crippen MR) is 80.3 cm³/mol. The molecule has 3 rings (SSSR count). The molecule has 21 heavy (non-hydrogen) atoms. The normalized spacial score (nSPS) is 11.1. The Labute approximate surface area is 143 Å². The summed E-state index contributed by atoms with van der Waals surface area (Å²) in [5.41, 5.74) is 2.16. The molecule has 0 fully saturated rings. The van der Waals surface area contributed by atoms with Gasteiger partial charge in [-0.15, -0.1) is 0 Å². The molecular formula is C13H11N2NaO4S. The van der Waals surface area contributed by atoms with Crippen LogP contribution in [0.15, 0.2) is 52.9 Å². The summed E-state index contributed by atoms with van der Waals surface area (Å²) in [7, 11) is -4.01. The van der Waals surface area contributed by atoms with Gasteiger partial charge in [-0.2, -0.15) is 13.6 Å². The first kappa shape index (κ1) is 16.0. The molecule has 2 aromatic carbocycles. The standard InChI is InChI=1S/C13H10N2O4S.Na.H/c14-20(16,17)19-10-7-5-9(6-8-10)13-15-11-3-1-2-4-12(11)18-13;;/h1-8H,(H2,14,16,17);;. The Morgan fingerprint density at radius 2 is 1.71 bits per heavy atom. The molecule has 0 aliphatic rings. The van der Waals surface area contributed by atoms with Crippen LogP contribution in [0.2, 0.25) is 0 Å². The Hall–Kier alpha value is -1.38. The number of nitrogens with zero attached hydrogens (tertiary/aromatic N) is 1. The van der Waals surface area contributed by atoms with Crippen molar-refractivity contribution in [2.75, 3.05) is 0 Å². The van der Waals surface area contributed by atoms with E-state index in [1.54, 1.807) is 12.1 Å². The molecule has 104 valence electrons. The summed E-state index contributed by atoms with van der Waals surface area (Å²) in [6, 6.07) is 13.7. The zero-order valence-corrected chi connectivity index (χ0v) is 11.0. The first-order valence-electron chi connectivity index (χ1n) is 5.69. The van der Waals surface area contributed by atoms with Gasteiger partial charge in [0.2, 0.25) is 5.89 Å². The van der Waals surface area contributed by atoms with Crippen LogP contribution in [0.5, 0.6) is 5.75 Å². The van der Waals surface area contributed by atoms with Crippen LogP contribution in [0.25, 0.3) is 22.6 Å². The van der Waals surface area contributed by atoms with E-state index < -0.39 is 10.3 Å². The quantitative estimate of drug-likeness (QED) is 0.738. The molecule has 0 saturated heterocycles. The molecule has 0 radical (unpaired) electrons. The van der Waals surface area contributed by atoms with Crippen molar-refractivity contribution in [2.45, 2.75) is 0 Å². The van der Waals surface area contributed by atoms with E-state index >= 15 is 0 Å². The van der Waals surface area contributed by atoms with Crippen molar-refractivity contribution in [1.82, 2.24) is 4.98 Å². The third-order valence-corrected chi connectivity index (χ3v) is 3.03. The molecule has 0 atom stereocenters. The van der Waals surface area contributed by atoms with Gasteiger partial charge in [-0.3, -0.25) is 0 Å². The van der Waals surface area contributed by atoms with Crippen LogP contribution in [0.3, 0.4) is 0 Å². The first-order valence-corrected chi connectivity index (χ1v) is 7.17. The Morgan fingerprint density at radius 1 is 1.05 bits per heavy atom. The van der Waals surface area contributed by atoms with Crippen molar-refractivity contribution in [1.29, 1.82) is 0 Å². The third-order valence-electron chi connectivity index (χ3n) is 2.61. The Morgan fingerprint density at radius 3 is 2.33 bits per heavy atom. The van der Waals surface area contributed by atoms with E-state index in [-0.39, 0.29) is 35.3 Å². The minimum absolute atomic E-state index is 0. The van der Waals surface area contributed by atoms with E-state index in [9.17, 15) is 8.42 Å². The van der Waals surface area contributed by atoms with Gasteiger partial charge >= 0.3 is 39.9 Å². The van der Waals surface area contributed by atoms with Crippen LogP contribution in [0.1, 0.15) is 0 Å². The fourth-order valence-corrected chi connectivity index (χ4v) is 2.16. The molecule has 8 heteroatoms. The zero-order chi connectivity index (χ0) is 14.2. The average Bonchev–Trinajstić information content (AvgIpc) is 2.81. The van der Waals surface area contributed by atoms with E-state index in [2.05, 4.69) is 9.17 Å². The molecule has 1 heterocycles. The number of aromatic nitrogens is 1. The number of oxazole rings is 1. The van der Waals surface area contributed by atoms with Gasteiger partial charge < -0.3 is 8.60 Å². The van der Waals surface area contributed by atoms with Crippen LogP contribution >= 0.6 is 0 Å². The maximum atomic E-state index is 10.8. The predicted octanol–water partition coefficient (Wildman–Crippen LogP) is 1.43. The molecule has 0 aliphatic heterocycles. The summed E-state index contributed by atoms with van der Waals surface area (Å²) >= 11 is 0. The van der Waals surface area contributed by atoms with Crippen LogP contribution in [0, 0.1) is 0 Å². The number of nitrogens with two attached hydrogens (primary N) is 1. The number of hydrogen-bond acceptors (Lipinski definition) is 5. The average molecular weight is 314 g/mol. The van der Waals surface area contributed by atoms with Crippen molar-refractivity contribution >= 4 is 51.0 Å². The topological polar surface area (TPSA) is 95.4 Å². The third kappa shape index (κ3) is 3.84. The summed E-state index contributed by atoms with van der Waals surface area (Å²) in [4.78, 5) is 4.34. The van der Waals surface area contributed by atoms with Gasteiger partial charge in [-0.25, -0.2) is 4.98 Å². The number of rotatable bonds is 3. The molecule has 3 aromatic rings. The zero-order valence-electron chi connectivity index (χ0n) is 10.2. The Kier molecular flexibility index (Phi) is 4.70. The molecule has 2 N–H and O–H groups in total. The van der Waals surface area contributed by atoms with Crippen molar-refractivity contribution < 1.29 is 17.0 Å². The number of hydrogen-bond donors (Lipinski definition) is 1. The fourth-order valence-electron chi connectivity index (χ4n) is 1.78. The van der Waals surface area contributed by atoms with Crippen LogP contribution < -0.4 is 9.32 Å². The maximum absolute atomic E-state index is 10.8. The van der Waals surface area contributed by atoms with Crippen molar-refractivity contribution in [2.24, 2.45) is 5.14 Å². The monoisotopic (exact) mass is 314 g/mol.